The lowest BCUT2D eigenvalue weighted by molar-refractivity contribution is -0.160. The molecule has 0 radical (unpaired) electrons. The van der Waals surface area contributed by atoms with Crippen LogP contribution in [-0.2, 0) is 16.1 Å². The highest BCUT2D eigenvalue weighted by atomic mass is 35.5. The van der Waals surface area contributed by atoms with Gasteiger partial charge in [-0.15, -0.1) is 12.4 Å². The van der Waals surface area contributed by atoms with Crippen LogP contribution in [0.2, 0.25) is 0 Å². The largest absolute Gasteiger partial charge is 0.479 e. The lowest BCUT2D eigenvalue weighted by Crippen LogP contribution is -2.40. The molecule has 1 aliphatic rings. The van der Waals surface area contributed by atoms with Crippen molar-refractivity contribution in [3.05, 3.63) is 90.0 Å². The van der Waals surface area contributed by atoms with E-state index in [0.717, 1.165) is 16.7 Å². The molecular formula is C20H19ClO3. The van der Waals surface area contributed by atoms with Crippen molar-refractivity contribution in [1.82, 2.24) is 0 Å². The molecule has 0 spiro atoms. The van der Waals surface area contributed by atoms with Gasteiger partial charge in [0.1, 0.15) is 0 Å². The van der Waals surface area contributed by atoms with Crippen LogP contribution in [-0.4, -0.2) is 16.7 Å². The highest BCUT2D eigenvalue weighted by Crippen LogP contribution is 2.30. The van der Waals surface area contributed by atoms with E-state index in [1.165, 1.54) is 0 Å². The lowest BCUT2D eigenvalue weighted by Gasteiger charge is -2.28. The van der Waals surface area contributed by atoms with Crippen molar-refractivity contribution in [3.8, 4) is 0 Å². The number of carboxylic acids is 1. The molecule has 0 saturated heterocycles. The number of aliphatic carboxylic acids is 1. The Bertz CT molecular complexity index is 738. The van der Waals surface area contributed by atoms with Crippen LogP contribution in [0.5, 0.6) is 0 Å². The topological polar surface area (TPSA) is 46.5 Å². The van der Waals surface area contributed by atoms with Gasteiger partial charge in [0.05, 0.1) is 6.61 Å². The van der Waals surface area contributed by atoms with Crippen LogP contribution in [0.3, 0.4) is 0 Å². The van der Waals surface area contributed by atoms with Crippen molar-refractivity contribution >= 4 is 23.9 Å². The third kappa shape index (κ3) is 3.94. The molecule has 24 heavy (non-hydrogen) atoms. The highest BCUT2D eigenvalue weighted by Gasteiger charge is 2.37. The van der Waals surface area contributed by atoms with Gasteiger partial charge < -0.3 is 9.84 Å². The summed E-state index contributed by atoms with van der Waals surface area (Å²) in [5.41, 5.74) is 1.75. The standard InChI is InChI=1S/C20H18O3.ClH/c21-19(22)20(23-15-16-7-3-1-4-8-16)13-11-18(12-14-20)17-9-5-2-6-10-17;/h1-13H,14-15H2,(H,21,22);1H. The zero-order valence-electron chi connectivity index (χ0n) is 13.1. The lowest BCUT2D eigenvalue weighted by atomic mass is 9.89. The number of hydrogen-bond donors (Lipinski definition) is 1. The Balaban J connectivity index is 0.00000208. The van der Waals surface area contributed by atoms with Crippen LogP contribution >= 0.6 is 12.4 Å². The SMILES string of the molecule is Cl.O=C(O)C1(OCc2ccccc2)C=CC(c2ccccc2)=CC1. The van der Waals surface area contributed by atoms with Gasteiger partial charge in [0.25, 0.3) is 0 Å². The van der Waals surface area contributed by atoms with Crippen molar-refractivity contribution in [2.75, 3.05) is 0 Å². The maximum Gasteiger partial charge on any atom is 0.340 e. The van der Waals surface area contributed by atoms with Gasteiger partial charge in [-0.25, -0.2) is 4.79 Å². The van der Waals surface area contributed by atoms with E-state index in [-0.39, 0.29) is 19.0 Å². The molecule has 3 rings (SSSR count). The molecule has 1 unspecified atom stereocenters. The molecule has 0 aromatic heterocycles. The first-order chi connectivity index (χ1) is 11.2. The summed E-state index contributed by atoms with van der Waals surface area (Å²) in [7, 11) is 0. The first-order valence-corrected chi connectivity index (χ1v) is 7.56. The van der Waals surface area contributed by atoms with Gasteiger partial charge in [0.2, 0.25) is 0 Å². The van der Waals surface area contributed by atoms with Crippen molar-refractivity contribution in [3.63, 3.8) is 0 Å². The molecule has 3 nitrogen and oxygen atoms in total. The van der Waals surface area contributed by atoms with Crippen LogP contribution in [0.15, 0.2) is 78.9 Å². The summed E-state index contributed by atoms with van der Waals surface area (Å²) < 4.78 is 5.77. The van der Waals surface area contributed by atoms with Crippen LogP contribution in [0.1, 0.15) is 17.5 Å². The Labute approximate surface area is 147 Å². The van der Waals surface area contributed by atoms with Gasteiger partial charge in [-0.3, -0.25) is 0 Å². The van der Waals surface area contributed by atoms with Gasteiger partial charge in [-0.05, 0) is 22.8 Å². The Kier molecular flexibility index (Phi) is 5.96. The Morgan fingerprint density at radius 1 is 1.04 bits per heavy atom. The fourth-order valence-corrected chi connectivity index (χ4v) is 2.58. The second-order valence-electron chi connectivity index (χ2n) is 5.53. The summed E-state index contributed by atoms with van der Waals surface area (Å²) in [6.07, 6.45) is 5.73. The third-order valence-electron chi connectivity index (χ3n) is 3.97. The number of halogens is 1. The molecule has 0 saturated carbocycles. The smallest absolute Gasteiger partial charge is 0.340 e. The Morgan fingerprint density at radius 2 is 1.67 bits per heavy atom. The second-order valence-corrected chi connectivity index (χ2v) is 5.53. The van der Waals surface area contributed by atoms with Gasteiger partial charge in [-0.2, -0.15) is 0 Å². The zero-order valence-corrected chi connectivity index (χ0v) is 13.9. The summed E-state index contributed by atoms with van der Waals surface area (Å²) in [6, 6.07) is 19.5. The monoisotopic (exact) mass is 342 g/mol. The number of hydrogen-bond acceptors (Lipinski definition) is 2. The molecule has 1 aliphatic carbocycles. The maximum absolute atomic E-state index is 11.7. The summed E-state index contributed by atoms with van der Waals surface area (Å²) >= 11 is 0. The number of rotatable bonds is 5. The van der Waals surface area contributed by atoms with E-state index in [9.17, 15) is 9.90 Å². The van der Waals surface area contributed by atoms with Crippen LogP contribution in [0, 0.1) is 0 Å². The molecule has 1 atom stereocenters. The fraction of sp³-hybridized carbons (Fsp3) is 0.150. The first kappa shape index (κ1) is 18.0. The number of benzene rings is 2. The molecule has 0 heterocycles. The molecule has 1 N–H and O–H groups in total. The van der Waals surface area contributed by atoms with E-state index in [4.69, 9.17) is 4.74 Å². The molecule has 4 heteroatoms. The minimum absolute atomic E-state index is 0. The van der Waals surface area contributed by atoms with E-state index in [2.05, 4.69) is 0 Å². The van der Waals surface area contributed by atoms with E-state index < -0.39 is 11.6 Å². The molecule has 2 aromatic carbocycles. The number of allylic oxidation sites excluding steroid dienone is 2. The summed E-state index contributed by atoms with van der Waals surface area (Å²) in [5, 5.41) is 9.62. The van der Waals surface area contributed by atoms with Gasteiger partial charge in [0, 0.05) is 6.42 Å². The van der Waals surface area contributed by atoms with Crippen molar-refractivity contribution in [2.24, 2.45) is 0 Å². The number of carbonyl (C=O) groups is 1. The summed E-state index contributed by atoms with van der Waals surface area (Å²) in [4.78, 5) is 11.7. The van der Waals surface area contributed by atoms with Crippen molar-refractivity contribution in [1.29, 1.82) is 0 Å². The highest BCUT2D eigenvalue weighted by molar-refractivity contribution is 5.86. The van der Waals surface area contributed by atoms with Gasteiger partial charge >= 0.3 is 5.97 Å². The molecule has 0 fully saturated rings. The Hall–Kier alpha value is -2.36. The minimum atomic E-state index is -1.30. The summed E-state index contributed by atoms with van der Waals surface area (Å²) in [5.74, 6) is -0.965. The minimum Gasteiger partial charge on any atom is -0.479 e. The quantitative estimate of drug-likeness (QED) is 0.870. The van der Waals surface area contributed by atoms with Gasteiger partial charge in [-0.1, -0.05) is 72.8 Å². The van der Waals surface area contributed by atoms with E-state index in [0.29, 0.717) is 6.42 Å². The van der Waals surface area contributed by atoms with Crippen LogP contribution < -0.4 is 0 Å². The average molecular weight is 343 g/mol. The maximum atomic E-state index is 11.7. The molecule has 0 bridgehead atoms. The van der Waals surface area contributed by atoms with Crippen LogP contribution in [0.25, 0.3) is 5.57 Å². The third-order valence-corrected chi connectivity index (χ3v) is 3.97. The second kappa shape index (κ2) is 7.95. The average Bonchev–Trinajstić information content (AvgIpc) is 2.62. The normalized spacial score (nSPS) is 19.2. The Morgan fingerprint density at radius 3 is 2.21 bits per heavy atom. The van der Waals surface area contributed by atoms with E-state index >= 15 is 0 Å². The first-order valence-electron chi connectivity index (χ1n) is 7.56. The summed E-state index contributed by atoms with van der Waals surface area (Å²) in [6.45, 7) is 0.270. The van der Waals surface area contributed by atoms with E-state index in [1.807, 2.05) is 72.8 Å². The van der Waals surface area contributed by atoms with Gasteiger partial charge in [0.15, 0.2) is 5.60 Å². The molecular weight excluding hydrogens is 324 g/mol. The fourth-order valence-electron chi connectivity index (χ4n) is 2.58. The predicted molar refractivity (Wildman–Crippen MR) is 97.0 cm³/mol. The van der Waals surface area contributed by atoms with Crippen molar-refractivity contribution in [2.45, 2.75) is 18.6 Å². The molecule has 0 amide bonds. The van der Waals surface area contributed by atoms with E-state index in [1.54, 1.807) is 6.08 Å². The zero-order chi connectivity index (χ0) is 16.1. The number of carboxylic acid groups (broad SMARTS) is 1. The number of ether oxygens (including phenoxy) is 1. The predicted octanol–water partition coefficient (Wildman–Crippen LogP) is 4.49. The van der Waals surface area contributed by atoms with Crippen LogP contribution in [0.4, 0.5) is 0 Å². The van der Waals surface area contributed by atoms with Crippen molar-refractivity contribution < 1.29 is 14.6 Å². The molecule has 124 valence electrons. The molecule has 0 aliphatic heterocycles. The molecule has 2 aromatic rings.